The van der Waals surface area contributed by atoms with Gasteiger partial charge in [-0.05, 0) is 5.92 Å². The number of piperazine rings is 1. The quantitative estimate of drug-likeness (QED) is 0.594. The normalized spacial score (nSPS) is 22.7. The van der Waals surface area contributed by atoms with Crippen molar-refractivity contribution < 1.29 is 14.6 Å². The lowest BCUT2D eigenvalue weighted by molar-refractivity contribution is -0.122. The van der Waals surface area contributed by atoms with Gasteiger partial charge in [0, 0.05) is 58.9 Å². The fourth-order valence-electron chi connectivity index (χ4n) is 3.14. The first kappa shape index (κ1) is 19.6. The maximum Gasteiger partial charge on any atom is 0.234 e. The molecule has 0 spiro atoms. The molecule has 2 saturated heterocycles. The second-order valence-electron chi connectivity index (χ2n) is 7.34. The Balaban J connectivity index is 1.59. The summed E-state index contributed by atoms with van der Waals surface area (Å²) in [7, 11) is 0. The second kappa shape index (κ2) is 10.3. The number of amides is 1. The van der Waals surface area contributed by atoms with Gasteiger partial charge in [-0.1, -0.05) is 13.8 Å². The van der Waals surface area contributed by atoms with E-state index in [0.717, 1.165) is 65.6 Å². The molecule has 2 aliphatic heterocycles. The van der Waals surface area contributed by atoms with Crippen LogP contribution in [0.1, 0.15) is 13.8 Å². The molecular formula is C17H34N4O3. The minimum Gasteiger partial charge on any atom is -0.390 e. The molecule has 7 nitrogen and oxygen atoms in total. The van der Waals surface area contributed by atoms with Crippen LogP contribution in [0, 0.1) is 5.92 Å². The average molecular weight is 342 g/mol. The number of aliphatic hydroxyl groups is 1. The van der Waals surface area contributed by atoms with E-state index in [9.17, 15) is 9.90 Å². The third kappa shape index (κ3) is 7.44. The third-order valence-corrected chi connectivity index (χ3v) is 4.58. The fraction of sp³-hybridized carbons (Fsp3) is 0.941. The van der Waals surface area contributed by atoms with Crippen molar-refractivity contribution in [1.82, 2.24) is 20.0 Å². The smallest absolute Gasteiger partial charge is 0.234 e. The number of carbonyl (C=O) groups is 1. The van der Waals surface area contributed by atoms with Gasteiger partial charge in [0.1, 0.15) is 0 Å². The summed E-state index contributed by atoms with van der Waals surface area (Å²) in [5.41, 5.74) is 0. The van der Waals surface area contributed by atoms with Crippen molar-refractivity contribution in [3.63, 3.8) is 0 Å². The van der Waals surface area contributed by atoms with Crippen LogP contribution in [-0.4, -0.2) is 110 Å². The molecule has 2 N–H and O–H groups in total. The molecule has 0 aromatic rings. The first-order valence-corrected chi connectivity index (χ1v) is 9.22. The molecule has 0 bridgehead atoms. The summed E-state index contributed by atoms with van der Waals surface area (Å²) in [4.78, 5) is 18.6. The maximum absolute atomic E-state index is 11.9. The van der Waals surface area contributed by atoms with Gasteiger partial charge in [0.2, 0.25) is 5.91 Å². The maximum atomic E-state index is 11.9. The number of nitrogens with one attached hydrogen (secondary N) is 1. The summed E-state index contributed by atoms with van der Waals surface area (Å²) in [6.45, 7) is 13.8. The number of carbonyl (C=O) groups excluding carboxylic acids is 1. The van der Waals surface area contributed by atoms with E-state index in [4.69, 9.17) is 4.74 Å². The lowest BCUT2D eigenvalue weighted by Gasteiger charge is -2.36. The summed E-state index contributed by atoms with van der Waals surface area (Å²) in [5.74, 6) is 0.600. The van der Waals surface area contributed by atoms with Crippen molar-refractivity contribution in [2.24, 2.45) is 5.92 Å². The molecule has 0 saturated carbocycles. The number of hydrogen-bond acceptors (Lipinski definition) is 6. The summed E-state index contributed by atoms with van der Waals surface area (Å²) >= 11 is 0. The van der Waals surface area contributed by atoms with Gasteiger partial charge in [-0.3, -0.25) is 19.5 Å². The van der Waals surface area contributed by atoms with E-state index in [0.29, 0.717) is 19.0 Å². The Morgan fingerprint density at radius 1 is 1.00 bits per heavy atom. The Morgan fingerprint density at radius 3 is 2.12 bits per heavy atom. The predicted molar refractivity (Wildman–Crippen MR) is 94.0 cm³/mol. The molecule has 0 radical (unpaired) electrons. The van der Waals surface area contributed by atoms with Gasteiger partial charge in [-0.25, -0.2) is 0 Å². The summed E-state index contributed by atoms with van der Waals surface area (Å²) in [6.07, 6.45) is -0.316. The summed E-state index contributed by atoms with van der Waals surface area (Å²) in [5, 5.41) is 13.3. The molecule has 0 unspecified atom stereocenters. The van der Waals surface area contributed by atoms with Crippen LogP contribution in [0.25, 0.3) is 0 Å². The lowest BCUT2D eigenvalue weighted by atomic mass is 10.2. The zero-order valence-electron chi connectivity index (χ0n) is 15.2. The number of β-amino-alcohol motifs (C(OH)–C–C–N with tert-alkyl or cyclic N) is 1. The lowest BCUT2D eigenvalue weighted by Crippen LogP contribution is -2.52. The number of hydrogen-bond donors (Lipinski definition) is 2. The van der Waals surface area contributed by atoms with Gasteiger partial charge in [-0.15, -0.1) is 0 Å². The zero-order chi connectivity index (χ0) is 17.4. The molecule has 24 heavy (non-hydrogen) atoms. The second-order valence-corrected chi connectivity index (χ2v) is 7.34. The van der Waals surface area contributed by atoms with Crippen molar-refractivity contribution >= 4 is 5.91 Å². The highest BCUT2D eigenvalue weighted by atomic mass is 16.5. The molecule has 0 aromatic heterocycles. The van der Waals surface area contributed by atoms with Gasteiger partial charge in [0.15, 0.2) is 0 Å². The molecule has 1 amide bonds. The Labute approximate surface area is 145 Å². The molecule has 2 rings (SSSR count). The largest absolute Gasteiger partial charge is 0.390 e. The van der Waals surface area contributed by atoms with Crippen LogP contribution in [0.15, 0.2) is 0 Å². The van der Waals surface area contributed by atoms with Crippen LogP contribution in [0.3, 0.4) is 0 Å². The summed E-state index contributed by atoms with van der Waals surface area (Å²) in [6, 6.07) is 0. The molecule has 0 aromatic carbocycles. The van der Waals surface area contributed by atoms with Crippen LogP contribution in [0.4, 0.5) is 0 Å². The number of ether oxygens (including phenoxy) is 1. The zero-order valence-corrected chi connectivity index (χ0v) is 15.2. The molecule has 2 aliphatic rings. The standard InChI is InChI=1S/C17H34N4O3/c1-15(2)11-18-17(23)14-20-5-3-19(4-6-20)12-16(22)13-21-7-9-24-10-8-21/h15-16,22H,3-14H2,1-2H3,(H,18,23)/t16-/m0/s1. The molecule has 140 valence electrons. The highest BCUT2D eigenvalue weighted by Crippen LogP contribution is 2.05. The Morgan fingerprint density at radius 2 is 1.54 bits per heavy atom. The van der Waals surface area contributed by atoms with Crippen molar-refractivity contribution in [3.05, 3.63) is 0 Å². The number of morpholine rings is 1. The van der Waals surface area contributed by atoms with Gasteiger partial charge >= 0.3 is 0 Å². The highest BCUT2D eigenvalue weighted by Gasteiger charge is 2.22. The van der Waals surface area contributed by atoms with Crippen molar-refractivity contribution in [3.8, 4) is 0 Å². The van der Waals surface area contributed by atoms with E-state index in [2.05, 4.69) is 33.9 Å². The van der Waals surface area contributed by atoms with Crippen LogP contribution < -0.4 is 5.32 Å². The molecule has 2 fully saturated rings. The Hall–Kier alpha value is -0.730. The predicted octanol–water partition coefficient (Wildman–Crippen LogP) is -0.931. The van der Waals surface area contributed by atoms with Gasteiger partial charge < -0.3 is 15.2 Å². The van der Waals surface area contributed by atoms with E-state index in [-0.39, 0.29) is 12.0 Å². The first-order valence-electron chi connectivity index (χ1n) is 9.22. The first-order chi connectivity index (χ1) is 11.5. The third-order valence-electron chi connectivity index (χ3n) is 4.58. The van der Waals surface area contributed by atoms with E-state index in [1.165, 1.54) is 0 Å². The monoisotopic (exact) mass is 342 g/mol. The van der Waals surface area contributed by atoms with Crippen molar-refractivity contribution in [1.29, 1.82) is 0 Å². The minimum absolute atomic E-state index is 0.115. The SMILES string of the molecule is CC(C)CNC(=O)CN1CCN(C[C@H](O)CN2CCOCC2)CC1. The molecule has 1 atom stereocenters. The van der Waals surface area contributed by atoms with Crippen LogP contribution in [-0.2, 0) is 9.53 Å². The molecule has 7 heteroatoms. The highest BCUT2D eigenvalue weighted by molar-refractivity contribution is 5.78. The topological polar surface area (TPSA) is 68.3 Å². The molecule has 0 aliphatic carbocycles. The number of rotatable bonds is 8. The minimum atomic E-state index is -0.316. The Bertz CT molecular complexity index is 367. The van der Waals surface area contributed by atoms with E-state index < -0.39 is 0 Å². The number of aliphatic hydroxyl groups excluding tert-OH is 1. The number of nitrogens with zero attached hydrogens (tertiary/aromatic N) is 3. The van der Waals surface area contributed by atoms with Gasteiger partial charge in [0.05, 0.1) is 25.9 Å². The average Bonchev–Trinajstić information content (AvgIpc) is 2.55. The molecular weight excluding hydrogens is 308 g/mol. The van der Waals surface area contributed by atoms with Crippen LogP contribution >= 0.6 is 0 Å². The van der Waals surface area contributed by atoms with Crippen LogP contribution in [0.2, 0.25) is 0 Å². The van der Waals surface area contributed by atoms with Gasteiger partial charge in [0.25, 0.3) is 0 Å². The van der Waals surface area contributed by atoms with E-state index in [1.54, 1.807) is 0 Å². The van der Waals surface area contributed by atoms with Crippen molar-refractivity contribution in [2.75, 3.05) is 78.7 Å². The van der Waals surface area contributed by atoms with Gasteiger partial charge in [-0.2, -0.15) is 0 Å². The van der Waals surface area contributed by atoms with E-state index in [1.807, 2.05) is 0 Å². The van der Waals surface area contributed by atoms with Crippen LogP contribution in [0.5, 0.6) is 0 Å². The van der Waals surface area contributed by atoms with E-state index >= 15 is 0 Å². The molecule has 2 heterocycles. The summed E-state index contributed by atoms with van der Waals surface area (Å²) < 4.78 is 5.33. The Kier molecular flexibility index (Phi) is 8.41. The van der Waals surface area contributed by atoms with Crippen molar-refractivity contribution in [2.45, 2.75) is 20.0 Å². The fourth-order valence-corrected chi connectivity index (χ4v) is 3.14.